The topological polar surface area (TPSA) is 139 Å². The van der Waals surface area contributed by atoms with Crippen molar-refractivity contribution in [2.75, 3.05) is 11.9 Å². The molecule has 0 radical (unpaired) electrons. The Morgan fingerprint density at radius 2 is 2.07 bits per heavy atom. The van der Waals surface area contributed by atoms with Gasteiger partial charge in [-0.25, -0.2) is 15.0 Å². The summed E-state index contributed by atoms with van der Waals surface area (Å²) >= 11 is 3.27. The van der Waals surface area contributed by atoms with Gasteiger partial charge in [0.2, 0.25) is 0 Å². The van der Waals surface area contributed by atoms with E-state index in [1.165, 1.54) is 19.6 Å². The standard InChI is InChI=1S/C17H15BrN6O4/c1-9(16(26)24-15-13-14(21-7-20-13)22-8-23-15)28-12(25)6-19-17(27)10-3-2-4-11(18)5-10/h2-5,7-9H,6H2,1H3,(H,19,27)(H2,20,21,22,23,24,26). The van der Waals surface area contributed by atoms with Gasteiger partial charge in [-0.05, 0) is 25.1 Å². The van der Waals surface area contributed by atoms with Crippen LogP contribution in [0.2, 0.25) is 0 Å². The summed E-state index contributed by atoms with van der Waals surface area (Å²) in [7, 11) is 0. The van der Waals surface area contributed by atoms with E-state index in [9.17, 15) is 14.4 Å². The molecule has 0 bridgehead atoms. The third kappa shape index (κ3) is 4.68. The van der Waals surface area contributed by atoms with Crippen LogP contribution in [0.1, 0.15) is 17.3 Å². The number of carbonyl (C=O) groups excluding carboxylic acids is 3. The molecule has 0 saturated heterocycles. The summed E-state index contributed by atoms with van der Waals surface area (Å²) < 4.78 is 5.78. The number of anilines is 1. The number of imidazole rings is 1. The lowest BCUT2D eigenvalue weighted by atomic mass is 10.2. The molecule has 3 aromatic rings. The minimum atomic E-state index is -1.09. The minimum absolute atomic E-state index is 0.221. The lowest BCUT2D eigenvalue weighted by Crippen LogP contribution is -2.36. The number of aromatic nitrogens is 4. The number of halogens is 1. The van der Waals surface area contributed by atoms with Crippen molar-refractivity contribution < 1.29 is 19.1 Å². The van der Waals surface area contributed by atoms with Crippen LogP contribution in [0.4, 0.5) is 5.82 Å². The van der Waals surface area contributed by atoms with E-state index in [1.54, 1.807) is 24.3 Å². The van der Waals surface area contributed by atoms with E-state index in [0.717, 1.165) is 4.47 Å². The molecule has 10 nitrogen and oxygen atoms in total. The molecule has 0 aliphatic heterocycles. The first-order valence-electron chi connectivity index (χ1n) is 8.12. The fourth-order valence-electron chi connectivity index (χ4n) is 2.25. The van der Waals surface area contributed by atoms with Gasteiger partial charge in [-0.3, -0.25) is 14.4 Å². The van der Waals surface area contributed by atoms with Gasteiger partial charge in [0.15, 0.2) is 17.6 Å². The third-order valence-electron chi connectivity index (χ3n) is 3.62. The highest BCUT2D eigenvalue weighted by Crippen LogP contribution is 2.15. The number of benzene rings is 1. The molecule has 0 saturated carbocycles. The largest absolute Gasteiger partial charge is 0.451 e. The molecule has 2 amide bonds. The van der Waals surface area contributed by atoms with Crippen molar-refractivity contribution >= 4 is 50.7 Å². The molecule has 1 atom stereocenters. The Balaban J connectivity index is 1.51. The molecule has 3 N–H and O–H groups in total. The highest BCUT2D eigenvalue weighted by molar-refractivity contribution is 9.10. The van der Waals surface area contributed by atoms with Gasteiger partial charge in [-0.2, -0.15) is 0 Å². The first kappa shape index (κ1) is 19.4. The molecule has 2 aromatic heterocycles. The van der Waals surface area contributed by atoms with Gasteiger partial charge in [-0.1, -0.05) is 22.0 Å². The van der Waals surface area contributed by atoms with E-state index in [2.05, 4.69) is 46.5 Å². The summed E-state index contributed by atoms with van der Waals surface area (Å²) in [6.07, 6.45) is 1.59. The Morgan fingerprint density at radius 1 is 1.25 bits per heavy atom. The third-order valence-corrected chi connectivity index (χ3v) is 4.12. The highest BCUT2D eigenvalue weighted by atomic mass is 79.9. The highest BCUT2D eigenvalue weighted by Gasteiger charge is 2.20. The summed E-state index contributed by atoms with van der Waals surface area (Å²) in [5.41, 5.74) is 1.24. The van der Waals surface area contributed by atoms with Crippen molar-refractivity contribution in [3.05, 3.63) is 47.0 Å². The fourth-order valence-corrected chi connectivity index (χ4v) is 2.65. The van der Waals surface area contributed by atoms with Gasteiger partial charge in [0.25, 0.3) is 11.8 Å². The number of nitrogens with zero attached hydrogens (tertiary/aromatic N) is 3. The first-order chi connectivity index (χ1) is 13.4. The predicted molar refractivity (Wildman–Crippen MR) is 102 cm³/mol. The molecule has 144 valence electrons. The van der Waals surface area contributed by atoms with E-state index in [1.807, 2.05) is 0 Å². The van der Waals surface area contributed by atoms with Gasteiger partial charge in [0.1, 0.15) is 18.4 Å². The van der Waals surface area contributed by atoms with E-state index >= 15 is 0 Å². The van der Waals surface area contributed by atoms with Crippen molar-refractivity contribution in [3.8, 4) is 0 Å². The van der Waals surface area contributed by atoms with E-state index in [0.29, 0.717) is 16.7 Å². The number of rotatable bonds is 6. The molecule has 1 unspecified atom stereocenters. The zero-order valence-corrected chi connectivity index (χ0v) is 16.2. The van der Waals surface area contributed by atoms with Crippen molar-refractivity contribution in [1.82, 2.24) is 25.3 Å². The van der Waals surface area contributed by atoms with Crippen molar-refractivity contribution in [3.63, 3.8) is 0 Å². The van der Waals surface area contributed by atoms with Crippen LogP contribution in [0.5, 0.6) is 0 Å². The Kier molecular flexibility index (Phi) is 5.94. The number of nitrogens with one attached hydrogen (secondary N) is 3. The second kappa shape index (κ2) is 8.57. The average Bonchev–Trinajstić information content (AvgIpc) is 3.16. The van der Waals surface area contributed by atoms with E-state index in [4.69, 9.17) is 4.74 Å². The molecular weight excluding hydrogens is 432 g/mol. The zero-order valence-electron chi connectivity index (χ0n) is 14.6. The maximum Gasteiger partial charge on any atom is 0.326 e. The van der Waals surface area contributed by atoms with Crippen LogP contribution in [0.3, 0.4) is 0 Å². The second-order valence-corrected chi connectivity index (χ2v) is 6.55. The average molecular weight is 447 g/mol. The molecule has 0 aliphatic carbocycles. The number of esters is 1. The number of ether oxygens (including phenoxy) is 1. The smallest absolute Gasteiger partial charge is 0.326 e. The Hall–Kier alpha value is -3.34. The number of hydrogen-bond donors (Lipinski definition) is 3. The van der Waals surface area contributed by atoms with Gasteiger partial charge >= 0.3 is 5.97 Å². The molecular formula is C17H15BrN6O4. The summed E-state index contributed by atoms with van der Waals surface area (Å²) in [5.74, 6) is -1.54. The van der Waals surface area contributed by atoms with Gasteiger partial charge in [-0.15, -0.1) is 0 Å². The molecule has 0 aliphatic rings. The van der Waals surface area contributed by atoms with Gasteiger partial charge in [0.05, 0.1) is 6.33 Å². The van der Waals surface area contributed by atoms with Gasteiger partial charge < -0.3 is 20.4 Å². The lowest BCUT2D eigenvalue weighted by Gasteiger charge is -2.13. The SMILES string of the molecule is CC(OC(=O)CNC(=O)c1cccc(Br)c1)C(=O)Nc1ncnc2nc[nH]c12. The summed E-state index contributed by atoms with van der Waals surface area (Å²) in [4.78, 5) is 50.9. The normalized spacial score (nSPS) is 11.6. The van der Waals surface area contributed by atoms with Crippen molar-refractivity contribution in [2.45, 2.75) is 13.0 Å². The van der Waals surface area contributed by atoms with Crippen LogP contribution in [0.25, 0.3) is 11.2 Å². The first-order valence-corrected chi connectivity index (χ1v) is 8.91. The molecule has 0 fully saturated rings. The van der Waals surface area contributed by atoms with Crippen LogP contribution in [0.15, 0.2) is 41.4 Å². The van der Waals surface area contributed by atoms with Crippen LogP contribution in [0, 0.1) is 0 Å². The number of carbonyl (C=O) groups is 3. The van der Waals surface area contributed by atoms with E-state index in [-0.39, 0.29) is 12.4 Å². The van der Waals surface area contributed by atoms with E-state index < -0.39 is 23.9 Å². The predicted octanol–water partition coefficient (Wildman–Crippen LogP) is 1.42. The summed E-state index contributed by atoms with van der Waals surface area (Å²) in [6.45, 7) is 1.04. The lowest BCUT2D eigenvalue weighted by molar-refractivity contribution is -0.152. The maximum atomic E-state index is 12.2. The monoisotopic (exact) mass is 446 g/mol. The molecule has 1 aromatic carbocycles. The molecule has 11 heteroatoms. The number of H-pyrrole nitrogens is 1. The number of hydrogen-bond acceptors (Lipinski definition) is 7. The minimum Gasteiger partial charge on any atom is -0.451 e. The maximum absolute atomic E-state index is 12.2. The number of amides is 2. The van der Waals surface area contributed by atoms with Crippen LogP contribution >= 0.6 is 15.9 Å². The molecule has 28 heavy (non-hydrogen) atoms. The Labute approximate surface area is 167 Å². The quantitative estimate of drug-likeness (QED) is 0.486. The number of aromatic amines is 1. The number of fused-ring (bicyclic) bond motifs is 1. The molecule has 2 heterocycles. The summed E-state index contributed by atoms with van der Waals surface area (Å²) in [5, 5.41) is 4.98. The summed E-state index contributed by atoms with van der Waals surface area (Å²) in [6, 6.07) is 6.71. The van der Waals surface area contributed by atoms with Crippen LogP contribution in [-0.2, 0) is 14.3 Å². The zero-order chi connectivity index (χ0) is 20.1. The Morgan fingerprint density at radius 3 is 2.86 bits per heavy atom. The fraction of sp³-hybridized carbons (Fsp3) is 0.176. The second-order valence-electron chi connectivity index (χ2n) is 5.64. The Bertz CT molecular complexity index is 1040. The van der Waals surface area contributed by atoms with Crippen LogP contribution < -0.4 is 10.6 Å². The van der Waals surface area contributed by atoms with Crippen LogP contribution in [-0.4, -0.2) is 50.4 Å². The van der Waals surface area contributed by atoms with Gasteiger partial charge in [0, 0.05) is 10.0 Å². The van der Waals surface area contributed by atoms with Crippen molar-refractivity contribution in [1.29, 1.82) is 0 Å². The molecule has 3 rings (SSSR count). The van der Waals surface area contributed by atoms with Crippen molar-refractivity contribution in [2.24, 2.45) is 0 Å². The molecule has 0 spiro atoms.